The lowest BCUT2D eigenvalue weighted by molar-refractivity contribution is 0.668. The molecule has 0 N–H and O–H groups in total. The van der Waals surface area contributed by atoms with Crippen LogP contribution in [-0.4, -0.2) is 15.0 Å². The minimum atomic E-state index is -0.578. The van der Waals surface area contributed by atoms with Crippen molar-refractivity contribution >= 4 is 39.3 Å². The van der Waals surface area contributed by atoms with E-state index in [1.54, 1.807) is 6.08 Å². The van der Waals surface area contributed by atoms with Crippen LogP contribution in [0.4, 0.5) is 0 Å². The fourth-order valence-electron chi connectivity index (χ4n) is 8.16. The molecule has 0 atom stereocenters. The fourth-order valence-corrected chi connectivity index (χ4v) is 9.35. The molecule has 0 amide bonds. The maximum absolute atomic E-state index is 6.48. The first-order valence-electron chi connectivity index (χ1n) is 17.4. The zero-order chi connectivity index (χ0) is 34.8. The minimum Gasteiger partial charge on any atom is -0.456 e. The Morgan fingerprint density at radius 1 is 0.654 bits per heavy atom. The Morgan fingerprint density at radius 2 is 1.35 bits per heavy atom. The van der Waals surface area contributed by atoms with Crippen LogP contribution >= 0.6 is 11.8 Å². The lowest BCUT2D eigenvalue weighted by Crippen LogP contribution is -2.32. The number of hydrogen-bond donors (Lipinski definition) is 0. The molecule has 0 saturated heterocycles. The standard InChI is InChI=1S/C47H31N3OS/c1-3-5-15-29(4-2)44-48-45(30-16-7-6-8-17-30)50-46(49-44)31-24-25-32-37(28-31)47(34-19-10-13-22-40(34)52-41-23-14-11-20-35(41)47)36-26-27-39-43(42(32)36)33-18-9-12-21-38(33)51-39/h3-28H,1H2,2H3/b15-5-,29-4+. The second-order valence-electron chi connectivity index (χ2n) is 13.1. The van der Waals surface area contributed by atoms with Crippen LogP contribution in [-0.2, 0) is 5.41 Å². The average Bonchev–Trinajstić information content (AvgIpc) is 3.72. The smallest absolute Gasteiger partial charge is 0.164 e. The second kappa shape index (κ2) is 11.9. The summed E-state index contributed by atoms with van der Waals surface area (Å²) >= 11 is 1.84. The van der Waals surface area contributed by atoms with E-state index in [1.807, 2.05) is 73.3 Å². The van der Waals surface area contributed by atoms with Crippen LogP contribution in [0.15, 0.2) is 179 Å². The molecule has 1 spiro atoms. The second-order valence-corrected chi connectivity index (χ2v) is 14.2. The molecule has 0 unspecified atom stereocenters. The van der Waals surface area contributed by atoms with Crippen LogP contribution in [0.3, 0.4) is 0 Å². The number of allylic oxidation sites excluding steroid dienone is 5. The molecule has 1 aliphatic carbocycles. The van der Waals surface area contributed by atoms with Gasteiger partial charge in [-0.1, -0.05) is 146 Å². The van der Waals surface area contributed by atoms with Crippen molar-refractivity contribution in [3.63, 3.8) is 0 Å². The van der Waals surface area contributed by atoms with E-state index in [4.69, 9.17) is 19.4 Å². The van der Waals surface area contributed by atoms with Crippen molar-refractivity contribution < 1.29 is 4.42 Å². The molecule has 2 aliphatic rings. The van der Waals surface area contributed by atoms with Gasteiger partial charge in [0.25, 0.3) is 0 Å². The number of aromatic nitrogens is 3. The third kappa shape index (κ3) is 4.39. The van der Waals surface area contributed by atoms with E-state index >= 15 is 0 Å². The average molecular weight is 686 g/mol. The van der Waals surface area contributed by atoms with Gasteiger partial charge in [0.05, 0.1) is 5.41 Å². The topological polar surface area (TPSA) is 51.8 Å². The van der Waals surface area contributed by atoms with Gasteiger partial charge in [-0.25, -0.2) is 15.0 Å². The summed E-state index contributed by atoms with van der Waals surface area (Å²) in [6.07, 6.45) is 7.69. The van der Waals surface area contributed by atoms with Crippen LogP contribution in [0.1, 0.15) is 35.0 Å². The van der Waals surface area contributed by atoms with Crippen LogP contribution in [0.2, 0.25) is 0 Å². The van der Waals surface area contributed by atoms with Gasteiger partial charge in [0.15, 0.2) is 17.5 Å². The molecule has 8 aromatic rings. The number of furan rings is 1. The van der Waals surface area contributed by atoms with Gasteiger partial charge in [-0.05, 0) is 70.6 Å². The zero-order valence-electron chi connectivity index (χ0n) is 28.4. The highest BCUT2D eigenvalue weighted by atomic mass is 32.2. The van der Waals surface area contributed by atoms with Crippen molar-refractivity contribution in [3.05, 3.63) is 192 Å². The molecule has 1 aliphatic heterocycles. The van der Waals surface area contributed by atoms with Gasteiger partial charge in [0.2, 0.25) is 0 Å². The van der Waals surface area contributed by atoms with Crippen molar-refractivity contribution in [1.29, 1.82) is 0 Å². The van der Waals surface area contributed by atoms with E-state index in [2.05, 4.69) is 104 Å². The minimum absolute atomic E-state index is 0.578. The molecule has 5 heteroatoms. The van der Waals surface area contributed by atoms with Crippen molar-refractivity contribution in [2.75, 3.05) is 0 Å². The fraction of sp³-hybridized carbons (Fsp3) is 0.0426. The van der Waals surface area contributed by atoms with Gasteiger partial charge in [-0.3, -0.25) is 0 Å². The number of benzene rings is 6. The molecule has 6 aromatic carbocycles. The third-order valence-electron chi connectivity index (χ3n) is 10.3. The maximum atomic E-state index is 6.48. The Labute approximate surface area is 305 Å². The van der Waals surface area contributed by atoms with Gasteiger partial charge in [-0.15, -0.1) is 0 Å². The monoisotopic (exact) mass is 685 g/mol. The predicted octanol–water partition coefficient (Wildman–Crippen LogP) is 12.1. The highest BCUT2D eigenvalue weighted by Crippen LogP contribution is 2.64. The largest absolute Gasteiger partial charge is 0.456 e. The summed E-state index contributed by atoms with van der Waals surface area (Å²) in [5, 5.41) is 2.27. The van der Waals surface area contributed by atoms with Crippen LogP contribution < -0.4 is 0 Å². The third-order valence-corrected chi connectivity index (χ3v) is 11.5. The van der Waals surface area contributed by atoms with Crippen molar-refractivity contribution in [2.45, 2.75) is 22.1 Å². The van der Waals surface area contributed by atoms with Gasteiger partial charge < -0.3 is 4.42 Å². The van der Waals surface area contributed by atoms with Crippen molar-refractivity contribution in [1.82, 2.24) is 15.0 Å². The first kappa shape index (κ1) is 30.5. The molecule has 4 nitrogen and oxygen atoms in total. The number of hydrogen-bond acceptors (Lipinski definition) is 5. The SMILES string of the molecule is C=C/C=C\C(=C/C)c1nc(-c2ccccc2)nc(-c2ccc3c(c2)C2(c4ccccc4Sc4ccccc42)c2ccc4oc5ccccc5c4c2-3)n1. The highest BCUT2D eigenvalue weighted by molar-refractivity contribution is 7.99. The van der Waals surface area contributed by atoms with Crippen molar-refractivity contribution in [2.24, 2.45) is 0 Å². The maximum Gasteiger partial charge on any atom is 0.164 e. The summed E-state index contributed by atoms with van der Waals surface area (Å²) < 4.78 is 6.48. The molecular formula is C47H31N3OS. The molecule has 0 saturated carbocycles. The highest BCUT2D eigenvalue weighted by Gasteiger charge is 2.51. The van der Waals surface area contributed by atoms with Gasteiger partial charge in [0.1, 0.15) is 11.2 Å². The van der Waals surface area contributed by atoms with Crippen molar-refractivity contribution in [3.8, 4) is 33.9 Å². The van der Waals surface area contributed by atoms with E-state index in [0.717, 1.165) is 38.6 Å². The lowest BCUT2D eigenvalue weighted by atomic mass is 9.67. The molecule has 0 radical (unpaired) electrons. The summed E-state index contributed by atoms with van der Waals surface area (Å²) in [6, 6.07) is 47.5. The molecule has 2 aromatic heterocycles. The molecule has 0 fully saturated rings. The van der Waals surface area contributed by atoms with Gasteiger partial charge >= 0.3 is 0 Å². The van der Waals surface area contributed by atoms with Gasteiger partial charge in [0, 0.05) is 37.3 Å². The number of para-hydroxylation sites is 1. The first-order chi connectivity index (χ1) is 25.7. The van der Waals surface area contributed by atoms with Gasteiger partial charge in [-0.2, -0.15) is 0 Å². The molecular weight excluding hydrogens is 655 g/mol. The quantitative estimate of drug-likeness (QED) is 0.169. The molecule has 52 heavy (non-hydrogen) atoms. The molecule has 3 heterocycles. The zero-order valence-corrected chi connectivity index (χ0v) is 29.2. The number of nitrogens with zero attached hydrogens (tertiary/aromatic N) is 3. The Kier molecular flexibility index (Phi) is 6.98. The van der Waals surface area contributed by atoms with Crippen LogP contribution in [0.25, 0.3) is 61.4 Å². The van der Waals surface area contributed by atoms with E-state index in [1.165, 1.54) is 43.2 Å². The van der Waals surface area contributed by atoms with E-state index in [0.29, 0.717) is 17.5 Å². The predicted molar refractivity (Wildman–Crippen MR) is 212 cm³/mol. The summed E-state index contributed by atoms with van der Waals surface area (Å²) in [4.78, 5) is 17.7. The molecule has 0 bridgehead atoms. The van der Waals surface area contributed by atoms with E-state index < -0.39 is 5.41 Å². The van der Waals surface area contributed by atoms with E-state index in [-0.39, 0.29) is 0 Å². The molecule has 10 rings (SSSR count). The molecule has 246 valence electrons. The number of fused-ring (bicyclic) bond motifs is 13. The van der Waals surface area contributed by atoms with E-state index in [9.17, 15) is 0 Å². The summed E-state index contributed by atoms with van der Waals surface area (Å²) in [6.45, 7) is 5.87. The van der Waals surface area contributed by atoms with Crippen LogP contribution in [0.5, 0.6) is 0 Å². The summed E-state index contributed by atoms with van der Waals surface area (Å²) in [7, 11) is 0. The summed E-state index contributed by atoms with van der Waals surface area (Å²) in [5.74, 6) is 1.86. The Balaban J connectivity index is 1.31. The number of rotatable bonds is 5. The Bertz CT molecular complexity index is 2770. The lowest BCUT2D eigenvalue weighted by Gasteiger charge is -2.39. The van der Waals surface area contributed by atoms with Crippen LogP contribution in [0, 0.1) is 0 Å². The first-order valence-corrected chi connectivity index (χ1v) is 18.2. The Hall–Kier alpha value is -6.30. The Morgan fingerprint density at radius 3 is 2.10 bits per heavy atom. The summed E-state index contributed by atoms with van der Waals surface area (Å²) in [5.41, 5.74) is 11.4. The normalized spacial score (nSPS) is 14.1.